The van der Waals surface area contributed by atoms with Gasteiger partial charge in [-0.25, -0.2) is 8.78 Å². The fraction of sp³-hybridized carbons (Fsp3) is 0. The number of hydrogen-bond acceptors (Lipinski definition) is 3. The Kier molecular flexibility index (Phi) is 2.80. The van der Waals surface area contributed by atoms with Crippen molar-refractivity contribution < 1.29 is 23.1 Å². The number of benzene rings is 1. The maximum atomic E-state index is 13.0. The lowest BCUT2D eigenvalue weighted by atomic mass is 10.1. The fourth-order valence-electron chi connectivity index (χ4n) is 0.874. The molecular weight excluding hydrogens is 213 g/mol. The van der Waals surface area contributed by atoms with Crippen molar-refractivity contribution in [3.05, 3.63) is 29.1 Å². The molecule has 0 bridgehead atoms. The van der Waals surface area contributed by atoms with Crippen LogP contribution in [0.5, 0.6) is 5.75 Å². The highest BCUT2D eigenvalue weighted by Crippen LogP contribution is 2.25. The second kappa shape index (κ2) is 3.88. The molecule has 0 unspecified atom stereocenters. The van der Waals surface area contributed by atoms with Crippen molar-refractivity contribution in [2.45, 2.75) is 0 Å². The van der Waals surface area contributed by atoms with Crippen molar-refractivity contribution in [1.29, 1.82) is 5.26 Å². The molecule has 0 aromatic heterocycles. The molecule has 15 heavy (non-hydrogen) atoms. The Bertz CT molecular complexity index is 468. The van der Waals surface area contributed by atoms with Gasteiger partial charge in [-0.2, -0.15) is 9.65 Å². The number of carbonyl (C=O) groups is 1. The largest absolute Gasteiger partial charge is 0.503 e. The van der Waals surface area contributed by atoms with E-state index < -0.39 is 34.7 Å². The van der Waals surface area contributed by atoms with Gasteiger partial charge in [-0.3, -0.25) is 10.1 Å². The summed E-state index contributed by atoms with van der Waals surface area (Å²) in [5.74, 6) is -7.87. The van der Waals surface area contributed by atoms with Crippen LogP contribution in [0, 0.1) is 28.9 Å². The third-order valence-electron chi connectivity index (χ3n) is 1.55. The molecule has 0 saturated carbocycles. The molecule has 78 valence electrons. The van der Waals surface area contributed by atoms with Crippen LogP contribution in [0.2, 0.25) is 0 Å². The van der Waals surface area contributed by atoms with Gasteiger partial charge < -0.3 is 5.11 Å². The molecule has 0 aliphatic carbocycles. The Morgan fingerprint density at radius 3 is 2.53 bits per heavy atom. The summed E-state index contributed by atoms with van der Waals surface area (Å²) in [6, 6.07) is 0.247. The zero-order valence-corrected chi connectivity index (χ0v) is 7.01. The first-order valence-electron chi connectivity index (χ1n) is 3.55. The topological polar surface area (TPSA) is 73.1 Å². The summed E-state index contributed by atoms with van der Waals surface area (Å²) in [7, 11) is 0. The number of halogens is 3. The van der Waals surface area contributed by atoms with E-state index in [0.717, 1.165) is 0 Å². The predicted octanol–water partition coefficient (Wildman–Crippen LogP) is 1.02. The maximum Gasteiger partial charge on any atom is 0.267 e. The van der Waals surface area contributed by atoms with E-state index in [1.165, 1.54) is 11.5 Å². The summed E-state index contributed by atoms with van der Waals surface area (Å²) in [4.78, 5) is 10.9. The predicted molar refractivity (Wildman–Crippen MR) is 41.1 cm³/mol. The first-order chi connectivity index (χ1) is 6.99. The maximum absolute atomic E-state index is 13.0. The van der Waals surface area contributed by atoms with Crippen molar-refractivity contribution >= 4 is 5.91 Å². The lowest BCUT2D eigenvalue weighted by Crippen LogP contribution is -2.19. The van der Waals surface area contributed by atoms with E-state index in [4.69, 9.17) is 10.4 Å². The fourth-order valence-corrected chi connectivity index (χ4v) is 0.874. The third-order valence-corrected chi connectivity index (χ3v) is 1.55. The molecule has 0 atom stereocenters. The molecule has 0 aliphatic heterocycles. The van der Waals surface area contributed by atoms with Crippen molar-refractivity contribution in [3.63, 3.8) is 0 Å². The number of phenolic OH excluding ortho intramolecular Hbond substituents is 1. The van der Waals surface area contributed by atoms with E-state index in [2.05, 4.69) is 0 Å². The quantitative estimate of drug-likeness (QED) is 0.418. The number of hydrogen-bond donors (Lipinski definition) is 2. The van der Waals surface area contributed by atoms with Crippen LogP contribution in [0.4, 0.5) is 13.2 Å². The molecule has 1 amide bonds. The minimum Gasteiger partial charge on any atom is -0.503 e. The Balaban J connectivity index is 3.33. The van der Waals surface area contributed by atoms with E-state index in [1.807, 2.05) is 0 Å². The first kappa shape index (κ1) is 10.8. The Hall–Kier alpha value is -2.23. The molecule has 0 spiro atoms. The normalized spacial score (nSPS) is 9.47. The molecule has 0 fully saturated rings. The number of nitriles is 1. The van der Waals surface area contributed by atoms with Gasteiger partial charge in [0.25, 0.3) is 5.91 Å². The number of nitrogens with zero attached hydrogens (tertiary/aromatic N) is 1. The van der Waals surface area contributed by atoms with Gasteiger partial charge in [0.2, 0.25) is 5.82 Å². The second-order valence-electron chi connectivity index (χ2n) is 2.45. The summed E-state index contributed by atoms with van der Waals surface area (Å²) in [5, 5.41) is 18.3. The summed E-state index contributed by atoms with van der Waals surface area (Å²) in [5.41, 5.74) is -0.951. The molecule has 0 heterocycles. The van der Waals surface area contributed by atoms with Crippen molar-refractivity contribution in [3.8, 4) is 11.9 Å². The van der Waals surface area contributed by atoms with Gasteiger partial charge in [0.05, 0.1) is 5.56 Å². The van der Waals surface area contributed by atoms with Gasteiger partial charge in [0, 0.05) is 0 Å². The monoisotopic (exact) mass is 216 g/mol. The third kappa shape index (κ3) is 1.83. The highest BCUT2D eigenvalue weighted by Gasteiger charge is 2.22. The highest BCUT2D eigenvalue weighted by atomic mass is 19.2. The molecule has 0 radical (unpaired) electrons. The summed E-state index contributed by atoms with van der Waals surface area (Å²) in [6.07, 6.45) is 1.18. The average molecular weight is 216 g/mol. The van der Waals surface area contributed by atoms with Crippen LogP contribution in [0.25, 0.3) is 0 Å². The van der Waals surface area contributed by atoms with E-state index >= 15 is 0 Å². The number of nitrogens with one attached hydrogen (secondary N) is 1. The zero-order valence-electron chi connectivity index (χ0n) is 7.01. The summed E-state index contributed by atoms with van der Waals surface area (Å²) < 4.78 is 38.2. The van der Waals surface area contributed by atoms with Crippen LogP contribution in [-0.2, 0) is 0 Å². The second-order valence-corrected chi connectivity index (χ2v) is 2.45. The number of phenols is 1. The zero-order chi connectivity index (χ0) is 11.6. The van der Waals surface area contributed by atoms with Crippen LogP contribution in [0.3, 0.4) is 0 Å². The summed E-state index contributed by atoms with van der Waals surface area (Å²) in [6.45, 7) is 0. The van der Waals surface area contributed by atoms with Gasteiger partial charge in [0.1, 0.15) is 0 Å². The lowest BCUT2D eigenvalue weighted by Gasteiger charge is -2.03. The van der Waals surface area contributed by atoms with Gasteiger partial charge in [0.15, 0.2) is 23.6 Å². The molecule has 1 aromatic rings. The average Bonchev–Trinajstić information content (AvgIpc) is 2.20. The highest BCUT2D eigenvalue weighted by molar-refractivity contribution is 5.95. The molecule has 0 saturated heterocycles. The summed E-state index contributed by atoms with van der Waals surface area (Å²) >= 11 is 0. The number of aromatic hydroxyl groups is 1. The molecule has 1 rings (SSSR count). The van der Waals surface area contributed by atoms with Crippen molar-refractivity contribution in [2.24, 2.45) is 0 Å². The van der Waals surface area contributed by atoms with E-state index in [-0.39, 0.29) is 6.07 Å². The van der Waals surface area contributed by atoms with Crippen LogP contribution < -0.4 is 5.32 Å². The number of rotatable bonds is 1. The Labute approximate surface area is 81.6 Å². The first-order valence-corrected chi connectivity index (χ1v) is 3.55. The van der Waals surface area contributed by atoms with Crippen molar-refractivity contribution in [2.75, 3.05) is 0 Å². The Morgan fingerprint density at radius 2 is 2.00 bits per heavy atom. The molecule has 7 heteroatoms. The lowest BCUT2D eigenvalue weighted by molar-refractivity contribution is 0.0967. The number of carbonyl (C=O) groups excluding carboxylic acids is 1. The van der Waals surface area contributed by atoms with Crippen LogP contribution in [-0.4, -0.2) is 11.0 Å². The van der Waals surface area contributed by atoms with Crippen LogP contribution in [0.15, 0.2) is 6.07 Å². The van der Waals surface area contributed by atoms with E-state index in [9.17, 15) is 18.0 Å². The number of amides is 1. The van der Waals surface area contributed by atoms with Crippen LogP contribution >= 0.6 is 0 Å². The molecule has 0 aliphatic rings. The SMILES string of the molecule is N#CNC(=O)c1cc(F)c(F)c(O)c1F. The van der Waals surface area contributed by atoms with E-state index in [1.54, 1.807) is 0 Å². The molecule has 4 nitrogen and oxygen atoms in total. The molecular formula is C8H3F3N2O2. The van der Waals surface area contributed by atoms with Crippen molar-refractivity contribution in [1.82, 2.24) is 5.32 Å². The standard InChI is InChI=1S/C8H3F3N2O2/c9-4-1-3(8(15)13-2-12)5(10)7(14)6(4)11/h1,14H,(H,13,15). The van der Waals surface area contributed by atoms with Crippen LogP contribution in [0.1, 0.15) is 10.4 Å². The van der Waals surface area contributed by atoms with Gasteiger partial charge >= 0.3 is 0 Å². The minimum absolute atomic E-state index is 0.247. The molecule has 1 aromatic carbocycles. The van der Waals surface area contributed by atoms with Gasteiger partial charge in [-0.1, -0.05) is 0 Å². The van der Waals surface area contributed by atoms with E-state index in [0.29, 0.717) is 0 Å². The minimum atomic E-state index is -1.79. The Morgan fingerprint density at radius 1 is 1.40 bits per heavy atom. The van der Waals surface area contributed by atoms with Gasteiger partial charge in [-0.15, -0.1) is 0 Å². The smallest absolute Gasteiger partial charge is 0.267 e. The molecule has 2 N–H and O–H groups in total. The van der Waals surface area contributed by atoms with Gasteiger partial charge in [-0.05, 0) is 6.07 Å².